The summed E-state index contributed by atoms with van der Waals surface area (Å²) in [4.78, 5) is 12.5. The minimum atomic E-state index is -0.413. The van der Waals surface area contributed by atoms with E-state index in [1.54, 1.807) is 0 Å². The van der Waals surface area contributed by atoms with Crippen molar-refractivity contribution in [3.8, 4) is 0 Å². The number of hydrogen-bond acceptors (Lipinski definition) is 2. The molecule has 0 unspecified atom stereocenters. The molecule has 1 fully saturated rings. The van der Waals surface area contributed by atoms with Crippen LogP contribution in [-0.2, 0) is 10.2 Å². The van der Waals surface area contributed by atoms with Gasteiger partial charge in [-0.25, -0.2) is 0 Å². The molecule has 0 aliphatic heterocycles. The molecule has 0 radical (unpaired) electrons. The summed E-state index contributed by atoms with van der Waals surface area (Å²) in [5, 5.41) is 10.6. The maximum atomic E-state index is 12.5. The van der Waals surface area contributed by atoms with Gasteiger partial charge in [-0.05, 0) is 44.4 Å². The van der Waals surface area contributed by atoms with Crippen LogP contribution in [0.3, 0.4) is 0 Å². The number of carbonyl (C=O) groups is 1. The molecule has 1 aliphatic rings. The summed E-state index contributed by atoms with van der Waals surface area (Å²) in [5.41, 5.74) is 2.55. The third-order valence-electron chi connectivity index (χ3n) is 4.07. The molecule has 0 saturated heterocycles. The lowest BCUT2D eigenvalue weighted by Crippen LogP contribution is -2.28. The fraction of sp³-hybridized carbons (Fsp3) is 0.333. The topological polar surface area (TPSA) is 57.8 Å². The smallest absolute Gasteiger partial charge is 0.236 e. The van der Waals surface area contributed by atoms with Crippen LogP contribution in [-0.4, -0.2) is 16.1 Å². The van der Waals surface area contributed by atoms with E-state index in [1.807, 2.05) is 38.1 Å². The maximum absolute atomic E-state index is 12.5. The van der Waals surface area contributed by atoms with Gasteiger partial charge in [0.2, 0.25) is 5.91 Å². The van der Waals surface area contributed by atoms with Crippen molar-refractivity contribution >= 4 is 23.3 Å². The van der Waals surface area contributed by atoms with Crippen LogP contribution in [0, 0.1) is 13.8 Å². The Hall–Kier alpha value is -1.81. The number of hydrogen-bond donors (Lipinski definition) is 2. The zero-order chi connectivity index (χ0) is 14.3. The third-order valence-corrected chi connectivity index (χ3v) is 4.32. The van der Waals surface area contributed by atoms with Crippen molar-refractivity contribution in [2.24, 2.45) is 0 Å². The molecule has 4 nitrogen and oxygen atoms in total. The SMILES string of the molecule is Cc1[nH]nc(NC(=O)C2(c3ccc(Cl)cc3)CC2)c1C. The Kier molecular flexibility index (Phi) is 3.05. The van der Waals surface area contributed by atoms with E-state index in [0.29, 0.717) is 10.8 Å². The molecule has 2 aromatic rings. The predicted octanol–water partition coefficient (Wildman–Crippen LogP) is 3.35. The molecule has 0 spiro atoms. The first kappa shape index (κ1) is 13.2. The number of halogens is 1. The van der Waals surface area contributed by atoms with E-state index in [4.69, 9.17) is 11.6 Å². The van der Waals surface area contributed by atoms with Crippen molar-refractivity contribution in [2.75, 3.05) is 5.32 Å². The molecule has 5 heteroatoms. The summed E-state index contributed by atoms with van der Waals surface area (Å²) in [6.45, 7) is 3.88. The van der Waals surface area contributed by atoms with Gasteiger partial charge in [-0.1, -0.05) is 23.7 Å². The van der Waals surface area contributed by atoms with Crippen LogP contribution in [0.1, 0.15) is 29.7 Å². The number of anilines is 1. The quantitative estimate of drug-likeness (QED) is 0.910. The van der Waals surface area contributed by atoms with Gasteiger partial charge >= 0.3 is 0 Å². The van der Waals surface area contributed by atoms with Gasteiger partial charge in [0, 0.05) is 16.3 Å². The Morgan fingerprint density at radius 1 is 1.30 bits per heavy atom. The Bertz CT molecular complexity index is 656. The number of nitrogens with zero attached hydrogens (tertiary/aromatic N) is 1. The molecule has 104 valence electrons. The molecule has 3 rings (SSSR count). The number of benzene rings is 1. The molecular weight excluding hydrogens is 274 g/mol. The van der Waals surface area contributed by atoms with Crippen LogP contribution in [0.4, 0.5) is 5.82 Å². The van der Waals surface area contributed by atoms with Gasteiger partial charge in [-0.2, -0.15) is 5.10 Å². The summed E-state index contributed by atoms with van der Waals surface area (Å²) in [6.07, 6.45) is 1.73. The highest BCUT2D eigenvalue weighted by Gasteiger charge is 2.51. The van der Waals surface area contributed by atoms with Crippen LogP contribution < -0.4 is 5.32 Å². The Morgan fingerprint density at radius 3 is 2.45 bits per heavy atom. The zero-order valence-electron chi connectivity index (χ0n) is 11.5. The monoisotopic (exact) mass is 289 g/mol. The number of rotatable bonds is 3. The van der Waals surface area contributed by atoms with Crippen molar-refractivity contribution in [2.45, 2.75) is 32.1 Å². The summed E-state index contributed by atoms with van der Waals surface area (Å²) >= 11 is 5.90. The Labute approximate surface area is 122 Å². The number of nitrogens with one attached hydrogen (secondary N) is 2. The van der Waals surface area contributed by atoms with Crippen LogP contribution in [0.15, 0.2) is 24.3 Å². The summed E-state index contributed by atoms with van der Waals surface area (Å²) in [5.74, 6) is 0.627. The number of aromatic amines is 1. The van der Waals surface area contributed by atoms with Crippen molar-refractivity contribution in [3.63, 3.8) is 0 Å². The van der Waals surface area contributed by atoms with Gasteiger partial charge in [0.15, 0.2) is 5.82 Å². The van der Waals surface area contributed by atoms with Gasteiger partial charge in [-0.3, -0.25) is 9.89 Å². The minimum absolute atomic E-state index is 0.00872. The summed E-state index contributed by atoms with van der Waals surface area (Å²) in [6, 6.07) is 7.51. The molecule has 1 aromatic carbocycles. The number of aryl methyl sites for hydroxylation is 1. The van der Waals surface area contributed by atoms with E-state index >= 15 is 0 Å². The first-order valence-electron chi connectivity index (χ1n) is 6.62. The second kappa shape index (κ2) is 4.63. The largest absolute Gasteiger partial charge is 0.308 e. The molecule has 1 aliphatic carbocycles. The lowest BCUT2D eigenvalue weighted by Gasteiger charge is -2.15. The van der Waals surface area contributed by atoms with Gasteiger partial charge in [0.25, 0.3) is 0 Å². The second-order valence-corrected chi connectivity index (χ2v) is 5.80. The average molecular weight is 290 g/mol. The fourth-order valence-corrected chi connectivity index (χ4v) is 2.50. The third kappa shape index (κ3) is 2.10. The summed E-state index contributed by atoms with van der Waals surface area (Å²) in [7, 11) is 0. The Balaban J connectivity index is 1.83. The van der Waals surface area contributed by atoms with E-state index < -0.39 is 5.41 Å². The average Bonchev–Trinajstić information content (AvgIpc) is 3.19. The number of amides is 1. The first-order valence-corrected chi connectivity index (χ1v) is 7.00. The molecule has 1 heterocycles. The van der Waals surface area contributed by atoms with E-state index in [0.717, 1.165) is 29.7 Å². The number of aromatic nitrogens is 2. The van der Waals surface area contributed by atoms with Crippen LogP contribution in [0.25, 0.3) is 0 Å². The second-order valence-electron chi connectivity index (χ2n) is 5.37. The molecule has 20 heavy (non-hydrogen) atoms. The van der Waals surface area contributed by atoms with E-state index in [2.05, 4.69) is 15.5 Å². The minimum Gasteiger partial charge on any atom is -0.308 e. The van der Waals surface area contributed by atoms with E-state index in [-0.39, 0.29) is 5.91 Å². The fourth-order valence-electron chi connectivity index (χ4n) is 2.37. The lowest BCUT2D eigenvalue weighted by molar-refractivity contribution is -0.118. The van der Waals surface area contributed by atoms with E-state index in [9.17, 15) is 4.79 Å². The van der Waals surface area contributed by atoms with Gasteiger partial charge in [0.1, 0.15) is 0 Å². The molecule has 1 aromatic heterocycles. The standard InChI is InChI=1S/C15H16ClN3O/c1-9-10(2)18-19-13(9)17-14(20)15(7-8-15)11-3-5-12(16)6-4-11/h3-6H,7-8H2,1-2H3,(H2,17,18,19,20). The molecule has 0 atom stereocenters. The highest BCUT2D eigenvalue weighted by molar-refractivity contribution is 6.30. The predicted molar refractivity (Wildman–Crippen MR) is 79.1 cm³/mol. The Morgan fingerprint density at radius 2 is 1.95 bits per heavy atom. The number of H-pyrrole nitrogens is 1. The lowest BCUT2D eigenvalue weighted by atomic mass is 9.95. The highest BCUT2D eigenvalue weighted by Crippen LogP contribution is 2.49. The van der Waals surface area contributed by atoms with Gasteiger partial charge in [-0.15, -0.1) is 0 Å². The molecular formula is C15H16ClN3O. The first-order chi connectivity index (χ1) is 9.53. The molecule has 0 bridgehead atoms. The van der Waals surface area contributed by atoms with Crippen LogP contribution in [0.2, 0.25) is 5.02 Å². The van der Waals surface area contributed by atoms with Crippen molar-refractivity contribution in [3.05, 3.63) is 46.1 Å². The number of carbonyl (C=O) groups excluding carboxylic acids is 1. The van der Waals surface area contributed by atoms with Crippen molar-refractivity contribution < 1.29 is 4.79 Å². The van der Waals surface area contributed by atoms with Crippen LogP contribution in [0.5, 0.6) is 0 Å². The normalized spacial score (nSPS) is 15.9. The highest BCUT2D eigenvalue weighted by atomic mass is 35.5. The van der Waals surface area contributed by atoms with E-state index in [1.165, 1.54) is 0 Å². The summed E-state index contributed by atoms with van der Waals surface area (Å²) < 4.78 is 0. The maximum Gasteiger partial charge on any atom is 0.236 e. The molecule has 1 amide bonds. The molecule has 2 N–H and O–H groups in total. The van der Waals surface area contributed by atoms with Crippen molar-refractivity contribution in [1.82, 2.24) is 10.2 Å². The zero-order valence-corrected chi connectivity index (χ0v) is 12.2. The van der Waals surface area contributed by atoms with Gasteiger partial charge in [0.05, 0.1) is 5.41 Å². The van der Waals surface area contributed by atoms with Crippen LogP contribution >= 0.6 is 11.6 Å². The molecule has 1 saturated carbocycles. The van der Waals surface area contributed by atoms with Gasteiger partial charge < -0.3 is 5.32 Å². The van der Waals surface area contributed by atoms with Crippen molar-refractivity contribution in [1.29, 1.82) is 0 Å².